The fourth-order valence-electron chi connectivity index (χ4n) is 2.75. The molecule has 134 valence electrons. The molecule has 0 bridgehead atoms. The van der Waals surface area contributed by atoms with Crippen LogP contribution in [-0.4, -0.2) is 22.4 Å². The van der Waals surface area contributed by atoms with Gasteiger partial charge in [0.25, 0.3) is 3.91 Å². The normalized spacial score (nSPS) is 16.9. The van der Waals surface area contributed by atoms with E-state index >= 15 is 0 Å². The average Bonchev–Trinajstić information content (AvgIpc) is 2.92. The summed E-state index contributed by atoms with van der Waals surface area (Å²) < 4.78 is 0.0150. The Kier molecular flexibility index (Phi) is 12.7. The van der Waals surface area contributed by atoms with Crippen molar-refractivity contribution in [3.8, 4) is 0 Å². The minimum absolute atomic E-state index is 0.0150. The molecule has 2 fully saturated rings. The van der Waals surface area contributed by atoms with E-state index in [0.717, 1.165) is 51.5 Å². The second kappa shape index (κ2) is 14.1. The highest BCUT2D eigenvalue weighted by Gasteiger charge is 2.16. The highest BCUT2D eigenvalue weighted by molar-refractivity contribution is 14.1. The molecule has 2 aliphatic rings. The molecule has 0 atom stereocenters. The summed E-state index contributed by atoms with van der Waals surface area (Å²) in [7, 11) is 0. The van der Waals surface area contributed by atoms with Crippen molar-refractivity contribution in [2.45, 2.75) is 95.9 Å². The molecule has 0 unspecified atom stereocenters. The van der Waals surface area contributed by atoms with Gasteiger partial charge in [0.1, 0.15) is 0 Å². The lowest BCUT2D eigenvalue weighted by atomic mass is 10.0. The van der Waals surface area contributed by atoms with E-state index in [1.165, 1.54) is 38.5 Å². The van der Waals surface area contributed by atoms with Crippen molar-refractivity contribution in [3.05, 3.63) is 0 Å². The second-order valence-corrected chi connectivity index (χ2v) is 7.66. The molecule has 0 saturated heterocycles. The molecule has 0 radical (unpaired) electrons. The van der Waals surface area contributed by atoms with Gasteiger partial charge in [0.05, 0.1) is 0 Å². The molecule has 2 saturated carbocycles. The van der Waals surface area contributed by atoms with E-state index in [4.69, 9.17) is 0 Å². The molecule has 0 spiro atoms. The molecule has 0 aromatic carbocycles. The number of hydrogen-bond donors (Lipinski definition) is 2. The van der Waals surface area contributed by atoms with Crippen molar-refractivity contribution in [1.82, 2.24) is 10.6 Å². The number of unbranched alkanes of at least 4 members (excludes halogenated alkanes) is 4. The molecular weight excluding hydrogens is 403 g/mol. The molecule has 2 N–H and O–H groups in total. The first kappa shape index (κ1) is 20.7. The maximum Gasteiger partial charge on any atom is 0.280 e. The summed E-state index contributed by atoms with van der Waals surface area (Å²) in [4.78, 5) is 22.3. The Morgan fingerprint density at radius 3 is 1.96 bits per heavy atom. The largest absolute Gasteiger partial charge is 0.353 e. The average molecular weight is 436 g/mol. The third kappa shape index (κ3) is 12.7. The predicted molar refractivity (Wildman–Crippen MR) is 104 cm³/mol. The number of carbonyl (C=O) groups is 2. The Morgan fingerprint density at radius 2 is 1.39 bits per heavy atom. The van der Waals surface area contributed by atoms with Gasteiger partial charge in [0, 0.05) is 41.6 Å². The SMILES string of the molecule is C1CCC1.O=C(I)NCCCCCCCC(=O)NC1CCCC1. The van der Waals surface area contributed by atoms with Crippen LogP contribution in [0.15, 0.2) is 0 Å². The number of rotatable bonds is 9. The number of halogens is 1. The lowest BCUT2D eigenvalue weighted by Crippen LogP contribution is -2.32. The second-order valence-electron chi connectivity index (χ2n) is 6.68. The van der Waals surface area contributed by atoms with Crippen LogP contribution in [0.25, 0.3) is 0 Å². The Hall–Kier alpha value is -0.330. The number of carbonyl (C=O) groups excluding carboxylic acids is 2. The van der Waals surface area contributed by atoms with Crippen molar-refractivity contribution in [2.75, 3.05) is 6.54 Å². The number of nitrogens with one attached hydrogen (secondary N) is 2. The number of hydrogen-bond acceptors (Lipinski definition) is 2. The molecular formula is C18H33IN2O2. The van der Waals surface area contributed by atoms with Gasteiger partial charge in [-0.3, -0.25) is 9.59 Å². The van der Waals surface area contributed by atoms with Gasteiger partial charge < -0.3 is 10.6 Å². The van der Waals surface area contributed by atoms with Gasteiger partial charge >= 0.3 is 0 Å². The Labute approximate surface area is 155 Å². The van der Waals surface area contributed by atoms with Gasteiger partial charge in [0.15, 0.2) is 0 Å². The van der Waals surface area contributed by atoms with Crippen molar-refractivity contribution in [1.29, 1.82) is 0 Å². The Morgan fingerprint density at radius 1 is 0.826 bits per heavy atom. The Balaban J connectivity index is 0.000000570. The maximum atomic E-state index is 11.6. The third-order valence-electron chi connectivity index (χ3n) is 4.56. The monoisotopic (exact) mass is 436 g/mol. The third-order valence-corrected chi connectivity index (χ3v) is 4.95. The van der Waals surface area contributed by atoms with E-state index in [0.29, 0.717) is 12.5 Å². The van der Waals surface area contributed by atoms with Gasteiger partial charge in [-0.25, -0.2) is 0 Å². The first-order valence-electron chi connectivity index (χ1n) is 9.41. The molecule has 0 aromatic rings. The van der Waals surface area contributed by atoms with Crippen molar-refractivity contribution in [3.63, 3.8) is 0 Å². The molecule has 2 rings (SSSR count). The van der Waals surface area contributed by atoms with Crippen LogP contribution in [0, 0.1) is 0 Å². The lowest BCUT2D eigenvalue weighted by molar-refractivity contribution is -0.121. The van der Waals surface area contributed by atoms with Crippen LogP contribution in [0.2, 0.25) is 0 Å². The predicted octanol–water partition coefficient (Wildman–Crippen LogP) is 5.09. The molecule has 0 aliphatic heterocycles. The first-order valence-corrected chi connectivity index (χ1v) is 10.5. The van der Waals surface area contributed by atoms with E-state index in [2.05, 4.69) is 10.6 Å². The van der Waals surface area contributed by atoms with E-state index in [9.17, 15) is 9.59 Å². The summed E-state index contributed by atoms with van der Waals surface area (Å²) in [5, 5.41) is 5.89. The van der Waals surface area contributed by atoms with Gasteiger partial charge in [-0.05, 0) is 25.7 Å². The quantitative estimate of drug-likeness (QED) is 0.229. The molecule has 2 amide bonds. The fourth-order valence-corrected chi connectivity index (χ4v) is 3.02. The summed E-state index contributed by atoms with van der Waals surface area (Å²) in [5.41, 5.74) is 0. The van der Waals surface area contributed by atoms with E-state index in [1.807, 2.05) is 0 Å². The minimum Gasteiger partial charge on any atom is -0.353 e. The number of amides is 2. The highest BCUT2D eigenvalue weighted by Crippen LogP contribution is 2.18. The smallest absolute Gasteiger partial charge is 0.280 e. The van der Waals surface area contributed by atoms with Crippen LogP contribution < -0.4 is 10.6 Å². The molecule has 0 heterocycles. The summed E-state index contributed by atoms with van der Waals surface area (Å²) in [5.74, 6) is 0.226. The van der Waals surface area contributed by atoms with Crippen molar-refractivity contribution < 1.29 is 9.59 Å². The van der Waals surface area contributed by atoms with Gasteiger partial charge in [0.2, 0.25) is 5.91 Å². The molecule has 4 nitrogen and oxygen atoms in total. The molecule has 2 aliphatic carbocycles. The van der Waals surface area contributed by atoms with Crippen LogP contribution in [0.1, 0.15) is 89.9 Å². The van der Waals surface area contributed by atoms with Gasteiger partial charge in [-0.15, -0.1) is 0 Å². The maximum absolute atomic E-state index is 11.6. The summed E-state index contributed by atoms with van der Waals surface area (Å²) in [6, 6.07) is 0.449. The van der Waals surface area contributed by atoms with E-state index in [-0.39, 0.29) is 9.82 Å². The van der Waals surface area contributed by atoms with E-state index < -0.39 is 0 Å². The molecule has 0 aromatic heterocycles. The van der Waals surface area contributed by atoms with Crippen molar-refractivity contribution in [2.24, 2.45) is 0 Å². The van der Waals surface area contributed by atoms with E-state index in [1.54, 1.807) is 22.6 Å². The lowest BCUT2D eigenvalue weighted by Gasteiger charge is -2.11. The minimum atomic E-state index is 0.0150. The zero-order valence-corrected chi connectivity index (χ0v) is 16.5. The fraction of sp³-hybridized carbons (Fsp3) is 0.889. The Bertz CT molecular complexity index is 323. The zero-order valence-electron chi connectivity index (χ0n) is 14.4. The standard InChI is InChI=1S/C14H25IN2O2.C4H8/c15-14(19)16-11-7-3-1-2-4-10-13(18)17-12-8-5-6-9-12;1-2-4-3-1/h12H,1-11H2,(H,16,19)(H,17,18);1-4H2. The van der Waals surface area contributed by atoms with Gasteiger partial charge in [-0.1, -0.05) is 57.8 Å². The summed E-state index contributed by atoms with van der Waals surface area (Å²) in [6.45, 7) is 0.768. The topological polar surface area (TPSA) is 58.2 Å². The van der Waals surface area contributed by atoms with Crippen LogP contribution in [0.4, 0.5) is 4.79 Å². The van der Waals surface area contributed by atoms with Crippen LogP contribution in [0.3, 0.4) is 0 Å². The highest BCUT2D eigenvalue weighted by atomic mass is 127. The van der Waals surface area contributed by atoms with Crippen molar-refractivity contribution >= 4 is 32.4 Å². The van der Waals surface area contributed by atoms with Crippen LogP contribution in [0.5, 0.6) is 0 Å². The summed E-state index contributed by atoms with van der Waals surface area (Å²) in [6.07, 6.45) is 16.9. The summed E-state index contributed by atoms with van der Waals surface area (Å²) >= 11 is 1.75. The first-order chi connectivity index (χ1) is 11.2. The van der Waals surface area contributed by atoms with Crippen LogP contribution >= 0.6 is 22.6 Å². The molecule has 5 heteroatoms. The van der Waals surface area contributed by atoms with Gasteiger partial charge in [-0.2, -0.15) is 0 Å². The van der Waals surface area contributed by atoms with Crippen LogP contribution in [-0.2, 0) is 4.79 Å². The molecule has 23 heavy (non-hydrogen) atoms. The zero-order chi connectivity index (χ0) is 16.8.